The number of halogens is 2. The maximum atomic E-state index is 15.0. The lowest BCUT2D eigenvalue weighted by Crippen LogP contribution is -2.44. The summed E-state index contributed by atoms with van der Waals surface area (Å²) in [7, 11) is 0. The lowest BCUT2D eigenvalue weighted by molar-refractivity contribution is 0.0200. The molecule has 1 amide bonds. The maximum Gasteiger partial charge on any atom is 0.412 e. The summed E-state index contributed by atoms with van der Waals surface area (Å²) in [6, 6.07) is 0.889. The highest BCUT2D eigenvalue weighted by molar-refractivity contribution is 6.32. The number of ether oxygens (including phenoxy) is 2. The molecule has 0 bridgehead atoms. The fraction of sp³-hybridized carbons (Fsp3) is 0.667. The van der Waals surface area contributed by atoms with Gasteiger partial charge in [0.2, 0.25) is 0 Å². The van der Waals surface area contributed by atoms with Crippen LogP contribution in [-0.2, 0) is 9.47 Å². The molecule has 0 radical (unpaired) electrons. The van der Waals surface area contributed by atoms with Crippen LogP contribution >= 0.6 is 11.6 Å². The Bertz CT molecular complexity index is 827. The van der Waals surface area contributed by atoms with E-state index in [1.807, 2.05) is 20.8 Å². The van der Waals surface area contributed by atoms with Gasteiger partial charge >= 0.3 is 12.1 Å². The molecule has 166 valence electrons. The number of fused-ring (bicyclic) bond motifs is 1. The van der Waals surface area contributed by atoms with Crippen molar-refractivity contribution in [1.82, 2.24) is 9.88 Å². The molecule has 2 heterocycles. The zero-order valence-electron chi connectivity index (χ0n) is 18.1. The Labute approximate surface area is 181 Å². The summed E-state index contributed by atoms with van der Waals surface area (Å²) in [6.07, 6.45) is 2.80. The van der Waals surface area contributed by atoms with Crippen molar-refractivity contribution in [1.29, 1.82) is 0 Å². The van der Waals surface area contributed by atoms with Gasteiger partial charge in [-0.3, -0.25) is 4.90 Å². The molecule has 1 aromatic rings. The largest absolute Gasteiger partial charge is 0.459 e. The van der Waals surface area contributed by atoms with E-state index in [0.717, 1.165) is 31.7 Å². The molecule has 2 unspecified atom stereocenters. The first-order valence-electron chi connectivity index (χ1n) is 10.3. The SMILES string of the molecule is CC(C)OC(=O)c1cc(F)c(N2CN(C(=O)OC(C)(C)C)C3CCCCC32)nc1Cl. The van der Waals surface area contributed by atoms with Crippen LogP contribution in [0.4, 0.5) is 15.0 Å². The Balaban J connectivity index is 1.90. The highest BCUT2D eigenvalue weighted by Gasteiger charge is 2.46. The molecule has 7 nitrogen and oxygen atoms in total. The lowest BCUT2D eigenvalue weighted by Gasteiger charge is -2.33. The minimum Gasteiger partial charge on any atom is -0.459 e. The van der Waals surface area contributed by atoms with Crippen molar-refractivity contribution in [3.63, 3.8) is 0 Å². The van der Waals surface area contributed by atoms with E-state index >= 15 is 4.39 Å². The lowest BCUT2D eigenvalue weighted by atomic mass is 9.90. The molecule has 1 aromatic heterocycles. The molecule has 3 rings (SSSR count). The van der Waals surface area contributed by atoms with E-state index in [0.29, 0.717) is 0 Å². The number of carbonyl (C=O) groups is 2. The Hall–Kier alpha value is -2.09. The predicted octanol–water partition coefficient (Wildman–Crippen LogP) is 4.77. The highest BCUT2D eigenvalue weighted by Crippen LogP contribution is 2.38. The van der Waals surface area contributed by atoms with Gasteiger partial charge in [0, 0.05) is 0 Å². The number of nitrogens with zero attached hydrogens (tertiary/aromatic N) is 3. The van der Waals surface area contributed by atoms with E-state index in [9.17, 15) is 9.59 Å². The average molecular weight is 442 g/mol. The van der Waals surface area contributed by atoms with Crippen LogP contribution in [0.25, 0.3) is 0 Å². The van der Waals surface area contributed by atoms with Gasteiger partial charge in [0.05, 0.1) is 24.9 Å². The smallest absolute Gasteiger partial charge is 0.412 e. The molecule has 2 atom stereocenters. The summed E-state index contributed by atoms with van der Waals surface area (Å²) in [6.45, 7) is 8.98. The Morgan fingerprint density at radius 2 is 1.87 bits per heavy atom. The van der Waals surface area contributed by atoms with Gasteiger partial charge in [0.15, 0.2) is 11.6 Å². The number of hydrogen-bond acceptors (Lipinski definition) is 6. The minimum atomic E-state index is -0.722. The normalized spacial score (nSPS) is 21.6. The zero-order valence-corrected chi connectivity index (χ0v) is 18.8. The summed E-state index contributed by atoms with van der Waals surface area (Å²) in [5.41, 5.74) is -0.741. The van der Waals surface area contributed by atoms with Crippen LogP contribution in [0.15, 0.2) is 6.07 Å². The highest BCUT2D eigenvalue weighted by atomic mass is 35.5. The van der Waals surface area contributed by atoms with Crippen molar-refractivity contribution >= 4 is 29.5 Å². The molecule has 0 spiro atoms. The van der Waals surface area contributed by atoms with E-state index in [1.165, 1.54) is 0 Å². The van der Waals surface area contributed by atoms with Crippen molar-refractivity contribution in [2.75, 3.05) is 11.6 Å². The van der Waals surface area contributed by atoms with Gasteiger partial charge in [-0.1, -0.05) is 24.4 Å². The van der Waals surface area contributed by atoms with Gasteiger partial charge < -0.3 is 14.4 Å². The zero-order chi connectivity index (χ0) is 22.2. The number of anilines is 1. The number of pyridine rings is 1. The van der Waals surface area contributed by atoms with Crippen LogP contribution in [-0.4, -0.2) is 52.4 Å². The van der Waals surface area contributed by atoms with Gasteiger partial charge in [-0.2, -0.15) is 0 Å². The molecule has 2 aliphatic rings. The van der Waals surface area contributed by atoms with Crippen LogP contribution in [0.2, 0.25) is 5.15 Å². The number of carbonyl (C=O) groups excluding carboxylic acids is 2. The predicted molar refractivity (Wildman–Crippen MR) is 111 cm³/mol. The Morgan fingerprint density at radius 1 is 1.23 bits per heavy atom. The molecule has 1 saturated heterocycles. The third-order valence-electron chi connectivity index (χ3n) is 5.17. The van der Waals surface area contributed by atoms with Crippen LogP contribution in [0.3, 0.4) is 0 Å². The maximum absolute atomic E-state index is 15.0. The first kappa shape index (κ1) is 22.6. The van der Waals surface area contributed by atoms with Gasteiger partial charge in [-0.25, -0.2) is 19.0 Å². The van der Waals surface area contributed by atoms with Crippen LogP contribution in [0.1, 0.15) is 70.7 Å². The average Bonchev–Trinajstić information content (AvgIpc) is 3.01. The molecule has 1 saturated carbocycles. The Morgan fingerprint density at radius 3 is 2.47 bits per heavy atom. The summed E-state index contributed by atoms with van der Waals surface area (Å²) < 4.78 is 25.7. The van der Waals surface area contributed by atoms with Crippen LogP contribution < -0.4 is 4.90 Å². The number of aromatic nitrogens is 1. The van der Waals surface area contributed by atoms with Crippen molar-refractivity contribution in [2.24, 2.45) is 0 Å². The van der Waals surface area contributed by atoms with E-state index in [-0.39, 0.29) is 41.4 Å². The van der Waals surface area contributed by atoms with Crippen molar-refractivity contribution in [3.8, 4) is 0 Å². The first-order valence-corrected chi connectivity index (χ1v) is 10.7. The van der Waals surface area contributed by atoms with E-state index in [4.69, 9.17) is 21.1 Å². The molecule has 0 aromatic carbocycles. The molecular weight excluding hydrogens is 413 g/mol. The third-order valence-corrected chi connectivity index (χ3v) is 5.46. The minimum absolute atomic E-state index is 0.0315. The summed E-state index contributed by atoms with van der Waals surface area (Å²) >= 11 is 6.21. The van der Waals surface area contributed by atoms with Gasteiger partial charge in [0.25, 0.3) is 0 Å². The van der Waals surface area contributed by atoms with Crippen molar-refractivity contribution in [3.05, 3.63) is 22.6 Å². The van der Waals surface area contributed by atoms with E-state index in [1.54, 1.807) is 23.6 Å². The molecule has 2 fully saturated rings. The molecule has 1 aliphatic heterocycles. The van der Waals surface area contributed by atoms with Gasteiger partial charge in [-0.05, 0) is 53.5 Å². The quantitative estimate of drug-likeness (QED) is 0.497. The number of amides is 1. The van der Waals surface area contributed by atoms with Crippen molar-refractivity contribution < 1.29 is 23.5 Å². The standard InChI is InChI=1S/C21H29ClFN3O4/c1-12(2)29-19(27)13-10-14(23)18(24-17(13)22)25-11-26(20(28)30-21(3,4)5)16-9-7-6-8-15(16)25/h10,12,15-16H,6-9,11H2,1-5H3. The molecule has 30 heavy (non-hydrogen) atoms. The fourth-order valence-corrected chi connectivity index (χ4v) is 4.22. The number of rotatable bonds is 3. The third kappa shape index (κ3) is 4.79. The second-order valence-electron chi connectivity index (χ2n) is 9.07. The summed E-state index contributed by atoms with van der Waals surface area (Å²) in [4.78, 5) is 32.5. The van der Waals surface area contributed by atoms with Crippen LogP contribution in [0.5, 0.6) is 0 Å². The molecule has 9 heteroatoms. The monoisotopic (exact) mass is 441 g/mol. The first-order chi connectivity index (χ1) is 14.0. The second kappa shape index (κ2) is 8.57. The molecule has 0 N–H and O–H groups in total. The Kier molecular flexibility index (Phi) is 6.45. The van der Waals surface area contributed by atoms with Crippen molar-refractivity contribution in [2.45, 2.75) is 84.1 Å². The van der Waals surface area contributed by atoms with Crippen LogP contribution in [0, 0.1) is 5.82 Å². The van der Waals surface area contributed by atoms with Gasteiger partial charge in [0.1, 0.15) is 16.3 Å². The number of hydrogen-bond donors (Lipinski definition) is 0. The summed E-state index contributed by atoms with van der Waals surface area (Å²) in [5.74, 6) is -1.37. The molecular formula is C21H29ClFN3O4. The van der Waals surface area contributed by atoms with E-state index < -0.39 is 23.5 Å². The fourth-order valence-electron chi connectivity index (χ4n) is 4.01. The number of esters is 1. The van der Waals surface area contributed by atoms with Gasteiger partial charge in [-0.15, -0.1) is 0 Å². The summed E-state index contributed by atoms with van der Waals surface area (Å²) in [5, 5.41) is -0.125. The topological polar surface area (TPSA) is 72.0 Å². The molecule has 1 aliphatic carbocycles. The second-order valence-corrected chi connectivity index (χ2v) is 9.42. The van der Waals surface area contributed by atoms with E-state index in [2.05, 4.69) is 4.98 Å².